The number of pyridine rings is 1. The number of aryl methyl sites for hydroxylation is 2. The van der Waals surface area contributed by atoms with Crippen LogP contribution in [0, 0.1) is 20.0 Å². The zero-order valence-corrected chi connectivity index (χ0v) is 59.4. The van der Waals surface area contributed by atoms with Crippen molar-refractivity contribution < 1.29 is 21.9 Å². The smallest absolute Gasteiger partial charge is 0.269 e. The van der Waals surface area contributed by atoms with E-state index in [0.717, 1.165) is 152 Å². The number of para-hydroxylation sites is 2. The number of ether oxygens (including phenoxy) is 1. The Kier molecular flexibility index (Phi) is 12.7. The van der Waals surface area contributed by atoms with Gasteiger partial charge in [-0.25, -0.2) is 4.98 Å². The summed E-state index contributed by atoms with van der Waals surface area (Å²) >= 11 is 0. The third kappa shape index (κ3) is 10.3. The van der Waals surface area contributed by atoms with Crippen LogP contribution in [0.5, 0.6) is 11.5 Å². The lowest BCUT2D eigenvalue weighted by Crippen LogP contribution is -2.34. The largest absolute Gasteiger partial charge is 0.458 e. The highest BCUT2D eigenvalue weighted by molar-refractivity contribution is 6.11. The van der Waals surface area contributed by atoms with E-state index >= 15 is 0 Å². The molecule has 0 amide bonds. The lowest BCUT2D eigenvalue weighted by atomic mass is 9.62. The summed E-state index contributed by atoms with van der Waals surface area (Å²) in [5.41, 5.74) is 21.5. The molecular formula is C94H86N4O2. The molecule has 1 aliphatic heterocycles. The summed E-state index contributed by atoms with van der Waals surface area (Å²) in [5.74, 6) is 2.09. The molecule has 0 bridgehead atoms. The quantitative estimate of drug-likeness (QED) is 0.118. The molecule has 0 N–H and O–H groups in total. The second-order valence-corrected chi connectivity index (χ2v) is 32.5. The number of fused-ring (bicyclic) bond motifs is 14. The number of nitrogens with zero attached hydrogens (tertiary/aromatic N) is 4. The fraction of sp³-hybridized carbons (Fsp3) is 0.234. The van der Waals surface area contributed by atoms with Gasteiger partial charge in [0.15, 0.2) is 0 Å². The van der Waals surface area contributed by atoms with E-state index in [2.05, 4.69) is 280 Å². The monoisotopic (exact) mass is 1310 g/mol. The molecule has 5 heterocycles. The number of hydrogen-bond acceptors (Lipinski definition) is 3. The SMILES string of the molecule is [2H]C([2H])([2H])c1cccc(C([2H])([2H])[2H])c1-c1cc(-c2cc(C(C)(C)C)cc(C(C)(C)C)c2)c2c(c1)-c1cc3c(cc1-c1ccccc1-c1cc(-c4ccc5oc6ccccc6c5c4)cc4c1[n+]-2[c-]n4-c1cccc(Oc2ccc4c5ccccc5n(-c5cc(C(C)(C)C)ccn5)c4c2)c1)C(C)(C)CCC3(C)C. The van der Waals surface area contributed by atoms with Crippen molar-refractivity contribution in [2.45, 2.75) is 144 Å². The van der Waals surface area contributed by atoms with Crippen LogP contribution in [0.3, 0.4) is 0 Å². The van der Waals surface area contributed by atoms with Crippen LogP contribution < -0.4 is 9.30 Å². The van der Waals surface area contributed by atoms with Crippen LogP contribution in [-0.4, -0.2) is 14.1 Å². The standard InChI is InChI=1S/C94H86N4O2/c1-56-24-22-25-57(2)87(56)61-46-73(60-42-63(91(6,7)8)49-64(43-60)92(9,10)11)88-78(47-61)75-54-80-79(93(12,13)39-40-94(80,14)15)53-74(75)68-28-16-17-29-69(68)77-45-59(58-34-37-85-76(44-58)72-31-19-21-33-84(72)100-85)48-83-89(77)97(88)55-96(83)65-26-23-27-66(51-65)99-67-35-36-71-70-30-18-20-32-81(70)98(82(71)52-67)86-50-62(38-41-95-86)90(3,4)5/h16-38,41-54H,39-40H2,1-15H3/i1D3,2D3. The summed E-state index contributed by atoms with van der Waals surface area (Å²) in [7, 11) is 0. The molecule has 11 aromatic carbocycles. The van der Waals surface area contributed by atoms with Crippen molar-refractivity contribution in [3.63, 3.8) is 0 Å². The third-order valence-corrected chi connectivity index (χ3v) is 21.7. The van der Waals surface area contributed by atoms with E-state index in [0.29, 0.717) is 17.1 Å². The zero-order chi connectivity index (χ0) is 74.3. The van der Waals surface area contributed by atoms with Gasteiger partial charge < -0.3 is 9.15 Å². The van der Waals surface area contributed by atoms with Gasteiger partial charge in [-0.05, 0) is 250 Å². The summed E-state index contributed by atoms with van der Waals surface area (Å²) in [6, 6.07) is 76.1. The Balaban J connectivity index is 1.01. The first-order valence-electron chi connectivity index (χ1n) is 38.2. The van der Waals surface area contributed by atoms with E-state index in [4.69, 9.17) is 14.1 Å². The topological polar surface area (TPSA) is 49.0 Å². The molecule has 0 spiro atoms. The van der Waals surface area contributed by atoms with Gasteiger partial charge in [0.2, 0.25) is 0 Å². The van der Waals surface area contributed by atoms with Crippen molar-refractivity contribution in [3.05, 3.63) is 270 Å². The fourth-order valence-electron chi connectivity index (χ4n) is 15.9. The number of rotatable bonds is 7. The zero-order valence-electron chi connectivity index (χ0n) is 65.4. The van der Waals surface area contributed by atoms with Crippen LogP contribution >= 0.6 is 0 Å². The van der Waals surface area contributed by atoms with Crippen LogP contribution in [0.1, 0.15) is 150 Å². The first-order chi connectivity index (χ1) is 50.2. The minimum Gasteiger partial charge on any atom is -0.458 e. The summed E-state index contributed by atoms with van der Waals surface area (Å²) < 4.78 is 75.8. The molecule has 6 nitrogen and oxygen atoms in total. The highest BCUT2D eigenvalue weighted by Crippen LogP contribution is 2.54. The van der Waals surface area contributed by atoms with E-state index in [1.165, 1.54) is 16.7 Å². The molecule has 0 saturated carbocycles. The van der Waals surface area contributed by atoms with Crippen LogP contribution in [0.25, 0.3) is 139 Å². The molecule has 494 valence electrons. The van der Waals surface area contributed by atoms with E-state index in [-0.39, 0.29) is 43.8 Å². The van der Waals surface area contributed by atoms with Gasteiger partial charge in [-0.1, -0.05) is 211 Å². The van der Waals surface area contributed by atoms with Crippen molar-refractivity contribution >= 4 is 54.8 Å². The molecule has 0 unspecified atom stereocenters. The van der Waals surface area contributed by atoms with Gasteiger partial charge in [0.1, 0.15) is 28.5 Å². The van der Waals surface area contributed by atoms with E-state index in [1.807, 2.05) is 36.5 Å². The molecule has 0 radical (unpaired) electrons. The highest BCUT2D eigenvalue weighted by atomic mass is 16.5. The van der Waals surface area contributed by atoms with Crippen LogP contribution in [0.4, 0.5) is 0 Å². The Morgan fingerprint density at radius 3 is 1.77 bits per heavy atom. The van der Waals surface area contributed by atoms with Gasteiger partial charge in [0.25, 0.3) is 6.33 Å². The minimum atomic E-state index is -2.70. The fourth-order valence-corrected chi connectivity index (χ4v) is 15.9. The minimum absolute atomic E-state index is 0.0349. The van der Waals surface area contributed by atoms with E-state index < -0.39 is 13.7 Å². The molecular weight excluding hydrogens is 1220 g/mol. The summed E-state index contributed by atoms with van der Waals surface area (Å²) in [5, 5.41) is 4.24. The van der Waals surface area contributed by atoms with Crippen LogP contribution in [0.15, 0.2) is 229 Å². The summed E-state index contributed by atoms with van der Waals surface area (Å²) in [6.07, 6.45) is 8.00. The van der Waals surface area contributed by atoms with Gasteiger partial charge in [0, 0.05) is 42.0 Å². The Bertz CT molecular complexity index is 6110. The molecule has 1 aliphatic carbocycles. The Morgan fingerprint density at radius 1 is 0.450 bits per heavy atom. The van der Waals surface area contributed by atoms with Crippen LogP contribution in [-0.2, 0) is 27.1 Å². The van der Waals surface area contributed by atoms with E-state index in [1.54, 1.807) is 18.2 Å². The maximum absolute atomic E-state index is 9.24. The van der Waals surface area contributed by atoms with Crippen molar-refractivity contribution in [2.24, 2.45) is 0 Å². The number of furan rings is 1. The Labute approximate surface area is 596 Å². The molecule has 6 heteroatoms. The molecule has 100 heavy (non-hydrogen) atoms. The number of hydrogen-bond donors (Lipinski definition) is 0. The first-order valence-corrected chi connectivity index (χ1v) is 35.2. The predicted octanol–water partition coefficient (Wildman–Crippen LogP) is 25.1. The molecule has 0 atom stereocenters. The third-order valence-electron chi connectivity index (χ3n) is 21.7. The van der Waals surface area contributed by atoms with E-state index in [9.17, 15) is 8.22 Å². The second-order valence-electron chi connectivity index (χ2n) is 32.5. The average molecular weight is 1310 g/mol. The molecule has 2 aliphatic rings. The van der Waals surface area contributed by atoms with Crippen molar-refractivity contribution in [2.75, 3.05) is 0 Å². The second kappa shape index (κ2) is 22.5. The molecule has 0 fully saturated rings. The lowest BCUT2D eigenvalue weighted by molar-refractivity contribution is -0.570. The van der Waals surface area contributed by atoms with Crippen molar-refractivity contribution in [3.8, 4) is 95.5 Å². The maximum atomic E-state index is 9.24. The highest BCUT2D eigenvalue weighted by Gasteiger charge is 2.40. The number of aromatic nitrogens is 4. The number of benzene rings is 11. The lowest BCUT2D eigenvalue weighted by Gasteiger charge is -2.42. The maximum Gasteiger partial charge on any atom is 0.269 e. The summed E-state index contributed by atoms with van der Waals surface area (Å²) in [4.78, 5) is 4.99. The normalized spacial score (nSPS) is 15.4. The van der Waals surface area contributed by atoms with Crippen molar-refractivity contribution in [1.29, 1.82) is 0 Å². The van der Waals surface area contributed by atoms with Gasteiger partial charge >= 0.3 is 0 Å². The molecule has 17 rings (SSSR count). The average Bonchev–Trinajstić information content (AvgIpc) is 1.48. The predicted molar refractivity (Wildman–Crippen MR) is 417 cm³/mol. The Morgan fingerprint density at radius 2 is 1.06 bits per heavy atom. The van der Waals surface area contributed by atoms with Gasteiger partial charge in [-0.3, -0.25) is 13.7 Å². The van der Waals surface area contributed by atoms with Gasteiger partial charge in [-0.15, -0.1) is 0 Å². The molecule has 15 aromatic rings. The number of imidazole rings is 1. The molecule has 4 aromatic heterocycles. The first kappa shape index (κ1) is 56.3. The molecule has 0 saturated heterocycles. The summed E-state index contributed by atoms with van der Waals surface area (Å²) in [6.45, 7) is 24.2. The van der Waals surface area contributed by atoms with Crippen LogP contribution in [0.2, 0.25) is 0 Å². The Hall–Kier alpha value is -10.6. The van der Waals surface area contributed by atoms with Gasteiger partial charge in [-0.2, -0.15) is 0 Å². The van der Waals surface area contributed by atoms with Crippen molar-refractivity contribution in [1.82, 2.24) is 14.1 Å². The van der Waals surface area contributed by atoms with Gasteiger partial charge in [0.05, 0.1) is 33.4 Å².